The lowest BCUT2D eigenvalue weighted by Gasteiger charge is -2.32. The van der Waals surface area contributed by atoms with Gasteiger partial charge in [-0.15, -0.1) is 0 Å². The number of rotatable bonds is 3. The fourth-order valence-corrected chi connectivity index (χ4v) is 2.55. The zero-order chi connectivity index (χ0) is 11.4. The van der Waals surface area contributed by atoms with Crippen molar-refractivity contribution in [1.29, 1.82) is 0 Å². The standard InChI is InChI=1S/C14H22N2/c1-12(16-8-3-2-4-9-16)10-13-6-5-7-14(15)11-13/h5-7,11-12H,2-4,8-10,15H2,1H3. The normalized spacial score (nSPS) is 19.6. The van der Waals surface area contributed by atoms with Gasteiger partial charge in [0.15, 0.2) is 0 Å². The molecule has 0 aliphatic carbocycles. The molecule has 2 rings (SSSR count). The molecule has 0 saturated carbocycles. The van der Waals surface area contributed by atoms with Crippen LogP contribution >= 0.6 is 0 Å². The van der Waals surface area contributed by atoms with Crippen molar-refractivity contribution in [2.24, 2.45) is 0 Å². The summed E-state index contributed by atoms with van der Waals surface area (Å²) in [6, 6.07) is 8.92. The first kappa shape index (κ1) is 11.5. The summed E-state index contributed by atoms with van der Waals surface area (Å²) in [5, 5.41) is 0. The van der Waals surface area contributed by atoms with E-state index in [-0.39, 0.29) is 0 Å². The summed E-state index contributed by atoms with van der Waals surface area (Å²) in [6.07, 6.45) is 5.25. The van der Waals surface area contributed by atoms with Crippen LogP contribution < -0.4 is 5.73 Å². The van der Waals surface area contributed by atoms with E-state index in [1.807, 2.05) is 12.1 Å². The summed E-state index contributed by atoms with van der Waals surface area (Å²) in [4.78, 5) is 2.60. The number of hydrogen-bond acceptors (Lipinski definition) is 2. The second kappa shape index (κ2) is 5.35. The molecule has 88 valence electrons. The summed E-state index contributed by atoms with van der Waals surface area (Å²) >= 11 is 0. The van der Waals surface area contributed by atoms with Gasteiger partial charge >= 0.3 is 0 Å². The Hall–Kier alpha value is -1.02. The van der Waals surface area contributed by atoms with Crippen LogP contribution in [0.3, 0.4) is 0 Å². The van der Waals surface area contributed by atoms with E-state index < -0.39 is 0 Å². The van der Waals surface area contributed by atoms with Crippen molar-refractivity contribution >= 4 is 5.69 Å². The van der Waals surface area contributed by atoms with Crippen LogP contribution in [0.25, 0.3) is 0 Å². The molecule has 1 aromatic carbocycles. The number of nitrogen functional groups attached to an aromatic ring is 1. The lowest BCUT2D eigenvalue weighted by molar-refractivity contribution is 0.173. The summed E-state index contributed by atoms with van der Waals surface area (Å²) in [5.74, 6) is 0. The highest BCUT2D eigenvalue weighted by Gasteiger charge is 2.16. The van der Waals surface area contributed by atoms with E-state index in [0.717, 1.165) is 12.1 Å². The highest BCUT2D eigenvalue weighted by molar-refractivity contribution is 5.40. The molecule has 0 amide bonds. The highest BCUT2D eigenvalue weighted by Crippen LogP contribution is 2.16. The van der Waals surface area contributed by atoms with Crippen molar-refractivity contribution < 1.29 is 0 Å². The van der Waals surface area contributed by atoms with Crippen molar-refractivity contribution in [3.05, 3.63) is 29.8 Å². The van der Waals surface area contributed by atoms with Crippen LogP contribution in [0.5, 0.6) is 0 Å². The molecule has 1 aromatic rings. The highest BCUT2D eigenvalue weighted by atomic mass is 15.1. The lowest BCUT2D eigenvalue weighted by atomic mass is 10.0. The van der Waals surface area contributed by atoms with Gasteiger partial charge in [-0.3, -0.25) is 0 Å². The zero-order valence-electron chi connectivity index (χ0n) is 10.2. The average molecular weight is 218 g/mol. The predicted octanol–water partition coefficient (Wildman–Crippen LogP) is 2.69. The Morgan fingerprint density at radius 1 is 1.25 bits per heavy atom. The number of likely N-dealkylation sites (tertiary alicyclic amines) is 1. The monoisotopic (exact) mass is 218 g/mol. The Balaban J connectivity index is 1.93. The number of piperidine rings is 1. The van der Waals surface area contributed by atoms with Crippen LogP contribution in [0.4, 0.5) is 5.69 Å². The Kier molecular flexibility index (Phi) is 3.83. The minimum atomic E-state index is 0.641. The second-order valence-corrected chi connectivity index (χ2v) is 4.89. The van der Waals surface area contributed by atoms with Crippen molar-refractivity contribution in [1.82, 2.24) is 4.90 Å². The van der Waals surface area contributed by atoms with Crippen molar-refractivity contribution in [2.45, 2.75) is 38.6 Å². The fraction of sp³-hybridized carbons (Fsp3) is 0.571. The van der Waals surface area contributed by atoms with Crippen molar-refractivity contribution in [3.8, 4) is 0 Å². The minimum Gasteiger partial charge on any atom is -0.399 e. The van der Waals surface area contributed by atoms with Gasteiger partial charge in [-0.05, 0) is 57.0 Å². The summed E-state index contributed by atoms with van der Waals surface area (Å²) in [6.45, 7) is 4.86. The van der Waals surface area contributed by atoms with E-state index in [1.165, 1.54) is 37.9 Å². The third-order valence-corrected chi connectivity index (χ3v) is 3.50. The number of nitrogens with zero attached hydrogens (tertiary/aromatic N) is 1. The summed E-state index contributed by atoms with van der Waals surface area (Å²) in [7, 11) is 0. The van der Waals surface area contributed by atoms with E-state index in [1.54, 1.807) is 0 Å². The van der Waals surface area contributed by atoms with E-state index in [0.29, 0.717) is 6.04 Å². The number of benzene rings is 1. The first-order valence-electron chi connectivity index (χ1n) is 6.34. The predicted molar refractivity (Wildman–Crippen MR) is 69.4 cm³/mol. The molecular weight excluding hydrogens is 196 g/mol. The van der Waals surface area contributed by atoms with Crippen LogP contribution in [-0.2, 0) is 6.42 Å². The molecule has 2 N–H and O–H groups in total. The Labute approximate surface area is 98.4 Å². The maximum absolute atomic E-state index is 5.80. The number of hydrogen-bond donors (Lipinski definition) is 1. The van der Waals surface area contributed by atoms with Gasteiger partial charge in [-0.1, -0.05) is 18.6 Å². The quantitative estimate of drug-likeness (QED) is 0.790. The van der Waals surface area contributed by atoms with Gasteiger partial charge in [0.05, 0.1) is 0 Å². The first-order chi connectivity index (χ1) is 7.75. The Bertz CT molecular complexity index is 329. The smallest absolute Gasteiger partial charge is 0.0316 e. The summed E-state index contributed by atoms with van der Waals surface area (Å²) < 4.78 is 0. The van der Waals surface area contributed by atoms with Crippen LogP contribution in [-0.4, -0.2) is 24.0 Å². The molecule has 1 atom stereocenters. The minimum absolute atomic E-state index is 0.641. The Morgan fingerprint density at radius 3 is 2.69 bits per heavy atom. The van der Waals surface area contributed by atoms with Crippen LogP contribution in [0.1, 0.15) is 31.7 Å². The van der Waals surface area contributed by atoms with E-state index >= 15 is 0 Å². The van der Waals surface area contributed by atoms with Gasteiger partial charge in [0, 0.05) is 11.7 Å². The maximum atomic E-state index is 5.80. The molecule has 1 aliphatic rings. The van der Waals surface area contributed by atoms with Gasteiger partial charge in [-0.2, -0.15) is 0 Å². The van der Waals surface area contributed by atoms with Gasteiger partial charge in [0.25, 0.3) is 0 Å². The molecule has 2 nitrogen and oxygen atoms in total. The largest absolute Gasteiger partial charge is 0.399 e. The van der Waals surface area contributed by atoms with E-state index in [2.05, 4.69) is 24.0 Å². The van der Waals surface area contributed by atoms with Gasteiger partial charge < -0.3 is 10.6 Å². The summed E-state index contributed by atoms with van der Waals surface area (Å²) in [5.41, 5.74) is 8.04. The van der Waals surface area contributed by atoms with Crippen molar-refractivity contribution in [3.63, 3.8) is 0 Å². The van der Waals surface area contributed by atoms with Crippen LogP contribution in [0.2, 0.25) is 0 Å². The molecule has 1 aliphatic heterocycles. The van der Waals surface area contributed by atoms with E-state index in [9.17, 15) is 0 Å². The third-order valence-electron chi connectivity index (χ3n) is 3.50. The molecule has 0 aromatic heterocycles. The molecule has 2 heteroatoms. The van der Waals surface area contributed by atoms with Gasteiger partial charge in [0.2, 0.25) is 0 Å². The molecular formula is C14H22N2. The van der Waals surface area contributed by atoms with Crippen molar-refractivity contribution in [2.75, 3.05) is 18.8 Å². The molecule has 0 bridgehead atoms. The average Bonchev–Trinajstić information content (AvgIpc) is 2.30. The second-order valence-electron chi connectivity index (χ2n) is 4.89. The molecule has 0 spiro atoms. The van der Waals surface area contributed by atoms with Crippen LogP contribution in [0.15, 0.2) is 24.3 Å². The zero-order valence-corrected chi connectivity index (χ0v) is 10.2. The molecule has 16 heavy (non-hydrogen) atoms. The third kappa shape index (κ3) is 2.99. The Morgan fingerprint density at radius 2 is 2.00 bits per heavy atom. The number of anilines is 1. The molecule has 1 heterocycles. The van der Waals surface area contributed by atoms with Crippen LogP contribution in [0, 0.1) is 0 Å². The molecule has 0 radical (unpaired) electrons. The molecule has 1 fully saturated rings. The fourth-order valence-electron chi connectivity index (χ4n) is 2.55. The SMILES string of the molecule is CC(Cc1cccc(N)c1)N1CCCCC1. The lowest BCUT2D eigenvalue weighted by Crippen LogP contribution is -2.38. The van der Waals surface area contributed by atoms with Gasteiger partial charge in [0.1, 0.15) is 0 Å². The van der Waals surface area contributed by atoms with Gasteiger partial charge in [-0.25, -0.2) is 0 Å². The molecule has 1 saturated heterocycles. The molecule has 1 unspecified atom stereocenters. The maximum Gasteiger partial charge on any atom is 0.0316 e. The van der Waals surface area contributed by atoms with E-state index in [4.69, 9.17) is 5.73 Å². The number of nitrogens with two attached hydrogens (primary N) is 1. The first-order valence-corrected chi connectivity index (χ1v) is 6.34. The topological polar surface area (TPSA) is 29.3 Å².